The maximum Gasteiger partial charge on any atom is 0.274 e. The van der Waals surface area contributed by atoms with Gasteiger partial charge in [-0.25, -0.2) is 0 Å². The van der Waals surface area contributed by atoms with Crippen molar-refractivity contribution in [3.8, 4) is 0 Å². The molecule has 1 saturated heterocycles. The van der Waals surface area contributed by atoms with Gasteiger partial charge in [0.1, 0.15) is 5.69 Å². The number of aryl methyl sites for hydroxylation is 1. The molecule has 2 rings (SSSR count). The van der Waals surface area contributed by atoms with Crippen LogP contribution in [0, 0.1) is 6.92 Å². The molecule has 1 unspecified atom stereocenters. The fourth-order valence-corrected chi connectivity index (χ4v) is 2.26. The molecule has 0 aromatic carbocycles. The van der Waals surface area contributed by atoms with Gasteiger partial charge in [-0.15, -0.1) is 12.4 Å². The number of nitrogens with zero attached hydrogens (tertiary/aromatic N) is 2. The van der Waals surface area contributed by atoms with Crippen molar-refractivity contribution in [2.24, 2.45) is 0 Å². The highest BCUT2D eigenvalue weighted by atomic mass is 35.5. The number of aromatic nitrogens is 2. The molecule has 1 aliphatic rings. The molecule has 102 valence electrons. The Balaban J connectivity index is 0.00000162. The number of rotatable bonds is 2. The largest absolute Gasteiger partial charge is 0.337 e. The molecule has 1 amide bonds. The Bertz CT molecular complexity index is 385. The van der Waals surface area contributed by atoms with Crippen LogP contribution in [-0.4, -0.2) is 47.2 Å². The van der Waals surface area contributed by atoms with Crippen molar-refractivity contribution in [2.45, 2.75) is 32.2 Å². The van der Waals surface area contributed by atoms with Crippen molar-refractivity contribution < 1.29 is 4.79 Å². The standard InChI is InChI=1S/C12H20N4O.ClH/c1-9-8-11(15-14-9)12(17)16(2)10-4-3-6-13-7-5-10;/h8,10,13H,3-7H2,1-2H3,(H,14,15);1H. The van der Waals surface area contributed by atoms with Gasteiger partial charge in [-0.1, -0.05) is 0 Å². The Morgan fingerprint density at radius 1 is 1.44 bits per heavy atom. The van der Waals surface area contributed by atoms with Crippen molar-refractivity contribution in [1.82, 2.24) is 20.4 Å². The maximum absolute atomic E-state index is 12.2. The first kappa shape index (κ1) is 15.0. The van der Waals surface area contributed by atoms with E-state index in [9.17, 15) is 4.79 Å². The first-order valence-corrected chi connectivity index (χ1v) is 6.18. The zero-order valence-corrected chi connectivity index (χ0v) is 11.7. The van der Waals surface area contributed by atoms with Gasteiger partial charge in [0, 0.05) is 18.8 Å². The number of nitrogens with one attached hydrogen (secondary N) is 2. The summed E-state index contributed by atoms with van der Waals surface area (Å²) in [6.07, 6.45) is 3.21. The van der Waals surface area contributed by atoms with Crippen LogP contribution >= 0.6 is 12.4 Å². The molecule has 0 aliphatic carbocycles. The van der Waals surface area contributed by atoms with Gasteiger partial charge < -0.3 is 10.2 Å². The van der Waals surface area contributed by atoms with Gasteiger partial charge in [-0.2, -0.15) is 5.10 Å². The van der Waals surface area contributed by atoms with E-state index in [2.05, 4.69) is 15.5 Å². The summed E-state index contributed by atoms with van der Waals surface area (Å²) in [5, 5.41) is 10.2. The molecule has 1 aromatic rings. The second-order valence-electron chi connectivity index (χ2n) is 4.69. The summed E-state index contributed by atoms with van der Waals surface area (Å²) in [7, 11) is 1.88. The maximum atomic E-state index is 12.2. The smallest absolute Gasteiger partial charge is 0.274 e. The van der Waals surface area contributed by atoms with E-state index >= 15 is 0 Å². The number of hydrogen-bond donors (Lipinski definition) is 2. The monoisotopic (exact) mass is 272 g/mol. The van der Waals surface area contributed by atoms with Gasteiger partial charge in [0.25, 0.3) is 5.91 Å². The summed E-state index contributed by atoms with van der Waals surface area (Å²) in [6.45, 7) is 3.95. The quantitative estimate of drug-likeness (QED) is 0.854. The van der Waals surface area contributed by atoms with Crippen molar-refractivity contribution >= 4 is 18.3 Å². The molecule has 0 bridgehead atoms. The predicted molar refractivity (Wildman–Crippen MR) is 73.2 cm³/mol. The molecule has 0 spiro atoms. The number of aromatic amines is 1. The Morgan fingerprint density at radius 3 is 2.89 bits per heavy atom. The molecule has 1 atom stereocenters. The highest BCUT2D eigenvalue weighted by Crippen LogP contribution is 2.14. The molecule has 1 fully saturated rings. The Kier molecular flexibility index (Phi) is 5.62. The predicted octanol–water partition coefficient (Wildman–Crippen LogP) is 1.35. The van der Waals surface area contributed by atoms with Crippen LogP contribution in [0.5, 0.6) is 0 Å². The van der Waals surface area contributed by atoms with E-state index in [4.69, 9.17) is 0 Å². The van der Waals surface area contributed by atoms with Crippen molar-refractivity contribution in [3.63, 3.8) is 0 Å². The van der Waals surface area contributed by atoms with Gasteiger partial charge >= 0.3 is 0 Å². The number of H-pyrrole nitrogens is 1. The Labute approximate surface area is 114 Å². The SMILES string of the molecule is Cc1cc(C(=O)N(C)C2CCCNCC2)n[nH]1.Cl. The minimum absolute atomic E-state index is 0. The molecule has 5 nitrogen and oxygen atoms in total. The summed E-state index contributed by atoms with van der Waals surface area (Å²) in [5.41, 5.74) is 1.44. The number of carbonyl (C=O) groups excluding carboxylic acids is 1. The minimum atomic E-state index is 0. The van der Waals surface area contributed by atoms with Gasteiger partial charge in [0.15, 0.2) is 0 Å². The van der Waals surface area contributed by atoms with E-state index in [1.54, 1.807) is 6.07 Å². The highest BCUT2D eigenvalue weighted by molar-refractivity contribution is 5.92. The number of hydrogen-bond acceptors (Lipinski definition) is 3. The average Bonchev–Trinajstić information content (AvgIpc) is 2.60. The van der Waals surface area contributed by atoms with Crippen molar-refractivity contribution in [3.05, 3.63) is 17.5 Å². The third-order valence-corrected chi connectivity index (χ3v) is 3.34. The molecule has 2 heterocycles. The lowest BCUT2D eigenvalue weighted by Crippen LogP contribution is -2.37. The van der Waals surface area contributed by atoms with Gasteiger partial charge in [0.05, 0.1) is 0 Å². The fraction of sp³-hybridized carbons (Fsp3) is 0.667. The third-order valence-electron chi connectivity index (χ3n) is 3.34. The van der Waals surface area contributed by atoms with Gasteiger partial charge in [0.2, 0.25) is 0 Å². The second-order valence-corrected chi connectivity index (χ2v) is 4.69. The summed E-state index contributed by atoms with van der Waals surface area (Å²) >= 11 is 0. The molecule has 1 aliphatic heterocycles. The molecule has 6 heteroatoms. The Hall–Kier alpha value is -1.07. The van der Waals surface area contributed by atoms with Crippen LogP contribution in [0.4, 0.5) is 0 Å². The molecular weight excluding hydrogens is 252 g/mol. The van der Waals surface area contributed by atoms with Crippen LogP contribution in [0.15, 0.2) is 6.07 Å². The lowest BCUT2D eigenvalue weighted by atomic mass is 10.1. The zero-order chi connectivity index (χ0) is 12.3. The van der Waals surface area contributed by atoms with Gasteiger partial charge in [-0.05, 0) is 45.3 Å². The summed E-state index contributed by atoms with van der Waals surface area (Å²) < 4.78 is 0. The number of carbonyl (C=O) groups is 1. The van der Waals surface area contributed by atoms with E-state index in [1.165, 1.54) is 0 Å². The van der Waals surface area contributed by atoms with Crippen LogP contribution in [-0.2, 0) is 0 Å². The fourth-order valence-electron chi connectivity index (χ4n) is 2.26. The van der Waals surface area contributed by atoms with E-state index < -0.39 is 0 Å². The third kappa shape index (κ3) is 3.46. The topological polar surface area (TPSA) is 61.0 Å². The molecular formula is C12H21ClN4O. The summed E-state index contributed by atoms with van der Waals surface area (Å²) in [5.74, 6) is 0.0150. The first-order valence-electron chi connectivity index (χ1n) is 6.18. The van der Waals surface area contributed by atoms with Crippen LogP contribution in [0.3, 0.4) is 0 Å². The summed E-state index contributed by atoms with van der Waals surface area (Å²) in [4.78, 5) is 14.0. The van der Waals surface area contributed by atoms with E-state index in [-0.39, 0.29) is 18.3 Å². The molecule has 18 heavy (non-hydrogen) atoms. The average molecular weight is 273 g/mol. The molecule has 0 saturated carbocycles. The van der Waals surface area contributed by atoms with E-state index in [0.717, 1.165) is 38.0 Å². The molecule has 1 aromatic heterocycles. The molecule has 2 N–H and O–H groups in total. The lowest BCUT2D eigenvalue weighted by molar-refractivity contribution is 0.0714. The highest BCUT2D eigenvalue weighted by Gasteiger charge is 2.23. The van der Waals surface area contributed by atoms with Crippen molar-refractivity contribution in [2.75, 3.05) is 20.1 Å². The molecule has 0 radical (unpaired) electrons. The van der Waals surface area contributed by atoms with E-state index in [0.29, 0.717) is 11.7 Å². The minimum Gasteiger partial charge on any atom is -0.337 e. The van der Waals surface area contributed by atoms with Gasteiger partial charge in [-0.3, -0.25) is 9.89 Å². The van der Waals surface area contributed by atoms with E-state index in [1.807, 2.05) is 18.9 Å². The van der Waals surface area contributed by atoms with Crippen LogP contribution < -0.4 is 5.32 Å². The second kappa shape index (κ2) is 6.75. The zero-order valence-electron chi connectivity index (χ0n) is 10.9. The van der Waals surface area contributed by atoms with Crippen LogP contribution in [0.2, 0.25) is 0 Å². The van der Waals surface area contributed by atoms with Crippen molar-refractivity contribution in [1.29, 1.82) is 0 Å². The first-order chi connectivity index (χ1) is 8.18. The van der Waals surface area contributed by atoms with Crippen LogP contribution in [0.25, 0.3) is 0 Å². The number of amides is 1. The number of halogens is 1. The lowest BCUT2D eigenvalue weighted by Gasteiger charge is -2.26. The van der Waals surface area contributed by atoms with Crippen LogP contribution in [0.1, 0.15) is 35.4 Å². The summed E-state index contributed by atoms with van der Waals surface area (Å²) in [6, 6.07) is 2.13. The Morgan fingerprint density at radius 2 is 2.22 bits per heavy atom. The normalized spacial score (nSPS) is 19.8.